The molecule has 5 rings (SSSR count). The first kappa shape index (κ1) is 17.0. The van der Waals surface area contributed by atoms with Crippen molar-refractivity contribution < 1.29 is 23.4 Å². The van der Waals surface area contributed by atoms with Gasteiger partial charge in [0.25, 0.3) is 0 Å². The monoisotopic (exact) mass is 380 g/mol. The molecule has 6 heteroatoms. The van der Waals surface area contributed by atoms with Crippen molar-refractivity contribution in [2.24, 2.45) is 0 Å². The second kappa shape index (κ2) is 5.92. The van der Waals surface area contributed by atoms with Crippen molar-refractivity contribution in [1.29, 1.82) is 0 Å². The fourth-order valence-electron chi connectivity index (χ4n) is 3.78. The van der Waals surface area contributed by atoms with E-state index in [1.54, 1.807) is 19.2 Å². The summed E-state index contributed by atoms with van der Waals surface area (Å²) in [5, 5.41) is 0.452. The van der Waals surface area contributed by atoms with E-state index in [2.05, 4.69) is 0 Å². The van der Waals surface area contributed by atoms with Crippen molar-refractivity contribution >= 4 is 11.0 Å². The van der Waals surface area contributed by atoms with Crippen LogP contribution in [-0.4, -0.2) is 19.5 Å². The largest absolute Gasteiger partial charge is 0.496 e. The molecule has 6 nitrogen and oxygen atoms in total. The van der Waals surface area contributed by atoms with E-state index >= 15 is 0 Å². The van der Waals surface area contributed by atoms with Crippen molar-refractivity contribution in [1.82, 2.24) is 0 Å². The number of methoxy groups -OCH3 is 1. The van der Waals surface area contributed by atoms with E-state index in [0.717, 1.165) is 24.0 Å². The highest BCUT2D eigenvalue weighted by atomic mass is 16.7. The third kappa shape index (κ3) is 2.59. The molecule has 0 spiro atoms. The lowest BCUT2D eigenvalue weighted by Crippen LogP contribution is -2.33. The normalized spacial score (nSPS) is 16.5. The van der Waals surface area contributed by atoms with Crippen LogP contribution in [-0.2, 0) is 6.42 Å². The summed E-state index contributed by atoms with van der Waals surface area (Å²) in [6, 6.07) is 8.72. The summed E-state index contributed by atoms with van der Waals surface area (Å²) < 4.78 is 28.6. The molecule has 0 radical (unpaired) electrons. The quantitative estimate of drug-likeness (QED) is 0.660. The molecule has 0 saturated heterocycles. The third-order valence-corrected chi connectivity index (χ3v) is 5.27. The highest BCUT2D eigenvalue weighted by Gasteiger charge is 2.32. The SMILES string of the molecule is COc1cc2oc(-c3ccc4c(c3)OCO4)cc(=O)c2c2c1CCC(C)(C)O2. The first-order valence-corrected chi connectivity index (χ1v) is 9.22. The van der Waals surface area contributed by atoms with Crippen molar-refractivity contribution in [2.75, 3.05) is 13.9 Å². The van der Waals surface area contributed by atoms with Gasteiger partial charge < -0.3 is 23.4 Å². The molecule has 0 atom stereocenters. The summed E-state index contributed by atoms with van der Waals surface area (Å²) >= 11 is 0. The van der Waals surface area contributed by atoms with Crippen LogP contribution in [0.25, 0.3) is 22.3 Å². The van der Waals surface area contributed by atoms with Crippen molar-refractivity contribution in [3.8, 4) is 34.3 Å². The van der Waals surface area contributed by atoms with Crippen LogP contribution in [0.5, 0.6) is 23.0 Å². The van der Waals surface area contributed by atoms with Gasteiger partial charge in [-0.2, -0.15) is 0 Å². The Balaban J connectivity index is 1.72. The van der Waals surface area contributed by atoms with Crippen molar-refractivity contribution in [3.63, 3.8) is 0 Å². The molecule has 0 N–H and O–H groups in total. The number of benzene rings is 2. The molecule has 0 amide bonds. The number of rotatable bonds is 2. The average molecular weight is 380 g/mol. The molecule has 1 aromatic heterocycles. The molecular formula is C22H20O6. The molecule has 2 aliphatic heterocycles. The van der Waals surface area contributed by atoms with Gasteiger partial charge in [0.15, 0.2) is 16.9 Å². The molecule has 2 aromatic carbocycles. The first-order chi connectivity index (χ1) is 13.4. The minimum Gasteiger partial charge on any atom is -0.496 e. The van der Waals surface area contributed by atoms with Crippen molar-refractivity contribution in [3.05, 3.63) is 46.1 Å². The predicted molar refractivity (Wildman–Crippen MR) is 104 cm³/mol. The number of fused-ring (bicyclic) bond motifs is 4. The molecule has 2 aliphatic rings. The fourth-order valence-corrected chi connectivity index (χ4v) is 3.78. The van der Waals surface area contributed by atoms with Gasteiger partial charge in [-0.25, -0.2) is 0 Å². The Bertz CT molecular complexity index is 1160. The Morgan fingerprint density at radius 2 is 1.89 bits per heavy atom. The Morgan fingerprint density at radius 1 is 1.07 bits per heavy atom. The molecule has 0 saturated carbocycles. The number of hydrogen-bond donors (Lipinski definition) is 0. The lowest BCUT2D eigenvalue weighted by molar-refractivity contribution is 0.0857. The van der Waals surface area contributed by atoms with E-state index in [9.17, 15) is 4.79 Å². The van der Waals surface area contributed by atoms with E-state index in [1.165, 1.54) is 6.07 Å². The van der Waals surface area contributed by atoms with Crippen LogP contribution >= 0.6 is 0 Å². The standard InChI is InChI=1S/C22H20O6/c1-22(2)7-6-13-17(24-3)10-19-20(21(13)28-22)14(23)9-16(27-19)12-4-5-15-18(8-12)26-11-25-15/h4-5,8-10H,6-7,11H2,1-3H3. The second-order valence-corrected chi connectivity index (χ2v) is 7.66. The van der Waals surface area contributed by atoms with Crippen LogP contribution < -0.4 is 24.4 Å². The van der Waals surface area contributed by atoms with E-state index < -0.39 is 0 Å². The van der Waals surface area contributed by atoms with Crippen LogP contribution in [0.4, 0.5) is 0 Å². The van der Waals surface area contributed by atoms with E-state index in [4.69, 9.17) is 23.4 Å². The van der Waals surface area contributed by atoms with Crippen LogP contribution in [0, 0.1) is 0 Å². The van der Waals surface area contributed by atoms with Gasteiger partial charge in [0, 0.05) is 23.3 Å². The summed E-state index contributed by atoms with van der Waals surface area (Å²) in [4.78, 5) is 13.1. The minimum absolute atomic E-state index is 0.148. The highest BCUT2D eigenvalue weighted by molar-refractivity contribution is 5.89. The van der Waals surface area contributed by atoms with Gasteiger partial charge in [-0.05, 0) is 44.9 Å². The molecule has 0 bridgehead atoms. The summed E-state index contributed by atoms with van der Waals surface area (Å²) in [5.74, 6) is 3.00. The van der Waals surface area contributed by atoms with Gasteiger partial charge in [-0.3, -0.25) is 4.79 Å². The van der Waals surface area contributed by atoms with Gasteiger partial charge in [0.05, 0.1) is 7.11 Å². The maximum Gasteiger partial charge on any atom is 0.231 e. The van der Waals surface area contributed by atoms with E-state index in [0.29, 0.717) is 39.7 Å². The summed E-state index contributed by atoms with van der Waals surface area (Å²) in [7, 11) is 1.61. The van der Waals surface area contributed by atoms with Gasteiger partial charge in [-0.15, -0.1) is 0 Å². The lowest BCUT2D eigenvalue weighted by Gasteiger charge is -2.33. The Morgan fingerprint density at radius 3 is 2.71 bits per heavy atom. The molecule has 0 fully saturated rings. The van der Waals surface area contributed by atoms with Gasteiger partial charge >= 0.3 is 0 Å². The maximum atomic E-state index is 13.1. The Labute approximate surface area is 161 Å². The van der Waals surface area contributed by atoms with Crippen LogP contribution in [0.15, 0.2) is 39.5 Å². The highest BCUT2D eigenvalue weighted by Crippen LogP contribution is 2.44. The van der Waals surface area contributed by atoms with Gasteiger partial charge in [0.1, 0.15) is 33.8 Å². The zero-order valence-electron chi connectivity index (χ0n) is 16.0. The van der Waals surface area contributed by atoms with Gasteiger partial charge in [-0.1, -0.05) is 0 Å². The topological polar surface area (TPSA) is 67.1 Å². The Hall–Kier alpha value is -3.15. The van der Waals surface area contributed by atoms with Crippen LogP contribution in [0.2, 0.25) is 0 Å². The summed E-state index contributed by atoms with van der Waals surface area (Å²) in [6.45, 7) is 4.23. The van der Waals surface area contributed by atoms with Crippen molar-refractivity contribution in [2.45, 2.75) is 32.3 Å². The molecule has 3 aromatic rings. The summed E-state index contributed by atoms with van der Waals surface area (Å²) in [5.41, 5.74) is 1.59. The third-order valence-electron chi connectivity index (χ3n) is 5.27. The molecule has 144 valence electrons. The summed E-state index contributed by atoms with van der Waals surface area (Å²) in [6.07, 6.45) is 1.63. The smallest absolute Gasteiger partial charge is 0.231 e. The number of ether oxygens (including phenoxy) is 4. The number of hydrogen-bond acceptors (Lipinski definition) is 6. The van der Waals surface area contributed by atoms with Crippen LogP contribution in [0.1, 0.15) is 25.8 Å². The second-order valence-electron chi connectivity index (χ2n) is 7.66. The van der Waals surface area contributed by atoms with Crippen LogP contribution in [0.3, 0.4) is 0 Å². The maximum absolute atomic E-state index is 13.1. The fraction of sp³-hybridized carbons (Fsp3) is 0.318. The Kier molecular flexibility index (Phi) is 3.59. The predicted octanol–water partition coefficient (Wildman–Crippen LogP) is 4.30. The zero-order chi connectivity index (χ0) is 19.5. The molecule has 3 heterocycles. The molecule has 0 unspecified atom stereocenters. The minimum atomic E-state index is -0.352. The van der Waals surface area contributed by atoms with E-state index in [1.807, 2.05) is 26.0 Å². The first-order valence-electron chi connectivity index (χ1n) is 9.22. The van der Waals surface area contributed by atoms with Gasteiger partial charge in [0.2, 0.25) is 6.79 Å². The molecule has 0 aliphatic carbocycles. The molecular weight excluding hydrogens is 360 g/mol. The van der Waals surface area contributed by atoms with E-state index in [-0.39, 0.29) is 17.8 Å². The molecule has 28 heavy (non-hydrogen) atoms. The average Bonchev–Trinajstić information content (AvgIpc) is 3.13. The lowest BCUT2D eigenvalue weighted by atomic mass is 9.92. The zero-order valence-corrected chi connectivity index (χ0v) is 16.0.